The predicted molar refractivity (Wildman–Crippen MR) is 90.9 cm³/mol. The van der Waals surface area contributed by atoms with E-state index in [0.717, 1.165) is 29.1 Å². The summed E-state index contributed by atoms with van der Waals surface area (Å²) in [6, 6.07) is 11.9. The second-order valence-electron chi connectivity index (χ2n) is 5.05. The standard InChI is InChI=1S/C17H21BrN2O/c1-3-14(4-2)20(12-11-18)17(21)16-10-9-13-7-5-6-8-15(13)19-16/h5-10,14H,3-4,11-12H2,1-2H3. The predicted octanol–water partition coefficient (Wildman–Crippen LogP) is 4.26. The Bertz CT molecular complexity index is 611. The SMILES string of the molecule is CCC(CC)N(CCBr)C(=O)c1ccc2ccccc2n1. The van der Waals surface area contributed by atoms with E-state index in [1.807, 2.05) is 41.3 Å². The molecule has 0 N–H and O–H groups in total. The zero-order valence-electron chi connectivity index (χ0n) is 12.6. The summed E-state index contributed by atoms with van der Waals surface area (Å²) in [7, 11) is 0. The first-order valence-electron chi connectivity index (χ1n) is 7.44. The highest BCUT2D eigenvalue weighted by atomic mass is 79.9. The van der Waals surface area contributed by atoms with Crippen LogP contribution in [0.1, 0.15) is 37.2 Å². The molecule has 0 unspecified atom stereocenters. The second-order valence-corrected chi connectivity index (χ2v) is 5.84. The zero-order chi connectivity index (χ0) is 15.2. The fraction of sp³-hybridized carbons (Fsp3) is 0.412. The number of amides is 1. The van der Waals surface area contributed by atoms with Gasteiger partial charge in [0.05, 0.1) is 5.52 Å². The molecule has 4 heteroatoms. The van der Waals surface area contributed by atoms with Crippen LogP contribution in [0.2, 0.25) is 0 Å². The van der Waals surface area contributed by atoms with Crippen molar-refractivity contribution in [2.45, 2.75) is 32.7 Å². The highest BCUT2D eigenvalue weighted by Gasteiger charge is 2.22. The molecule has 0 aliphatic heterocycles. The van der Waals surface area contributed by atoms with E-state index in [4.69, 9.17) is 0 Å². The molecule has 0 saturated carbocycles. The van der Waals surface area contributed by atoms with Crippen LogP contribution in [0.15, 0.2) is 36.4 Å². The molecule has 0 aliphatic rings. The van der Waals surface area contributed by atoms with Crippen molar-refractivity contribution >= 4 is 32.7 Å². The van der Waals surface area contributed by atoms with Crippen LogP contribution in [0.3, 0.4) is 0 Å². The minimum atomic E-state index is 0.0221. The van der Waals surface area contributed by atoms with Crippen molar-refractivity contribution in [3.63, 3.8) is 0 Å². The topological polar surface area (TPSA) is 33.2 Å². The van der Waals surface area contributed by atoms with Gasteiger partial charge in [0, 0.05) is 23.3 Å². The quantitative estimate of drug-likeness (QED) is 0.730. The van der Waals surface area contributed by atoms with Crippen molar-refractivity contribution in [3.05, 3.63) is 42.1 Å². The first kappa shape index (κ1) is 16.0. The Morgan fingerprint density at radius 2 is 1.90 bits per heavy atom. The lowest BCUT2D eigenvalue weighted by atomic mass is 10.1. The van der Waals surface area contributed by atoms with Crippen LogP contribution in [0, 0.1) is 0 Å². The molecule has 1 heterocycles. The Balaban J connectivity index is 2.33. The van der Waals surface area contributed by atoms with Crippen molar-refractivity contribution in [3.8, 4) is 0 Å². The van der Waals surface area contributed by atoms with Crippen LogP contribution < -0.4 is 0 Å². The number of para-hydroxylation sites is 1. The van der Waals surface area contributed by atoms with Gasteiger partial charge in [0.2, 0.25) is 0 Å². The number of rotatable bonds is 6. The zero-order valence-corrected chi connectivity index (χ0v) is 14.1. The van der Waals surface area contributed by atoms with Gasteiger partial charge in [-0.05, 0) is 25.0 Å². The maximum Gasteiger partial charge on any atom is 0.272 e. The van der Waals surface area contributed by atoms with E-state index in [0.29, 0.717) is 12.2 Å². The average molecular weight is 349 g/mol. The molecule has 0 fully saturated rings. The van der Waals surface area contributed by atoms with Crippen molar-refractivity contribution in [1.29, 1.82) is 0 Å². The van der Waals surface area contributed by atoms with E-state index < -0.39 is 0 Å². The van der Waals surface area contributed by atoms with Gasteiger partial charge in [0.25, 0.3) is 5.91 Å². The normalized spacial score (nSPS) is 11.0. The molecule has 1 aromatic carbocycles. The lowest BCUT2D eigenvalue weighted by Crippen LogP contribution is -2.41. The number of alkyl halides is 1. The van der Waals surface area contributed by atoms with Crippen LogP contribution in [0.4, 0.5) is 0 Å². The fourth-order valence-electron chi connectivity index (χ4n) is 2.60. The molecule has 3 nitrogen and oxygen atoms in total. The minimum Gasteiger partial charge on any atom is -0.334 e. The molecule has 0 radical (unpaired) electrons. The number of nitrogens with zero attached hydrogens (tertiary/aromatic N) is 2. The molecule has 2 aromatic rings. The maximum absolute atomic E-state index is 12.8. The summed E-state index contributed by atoms with van der Waals surface area (Å²) in [5.74, 6) is 0.0221. The summed E-state index contributed by atoms with van der Waals surface area (Å²) >= 11 is 3.44. The number of fused-ring (bicyclic) bond motifs is 1. The molecule has 0 atom stereocenters. The smallest absolute Gasteiger partial charge is 0.272 e. The summed E-state index contributed by atoms with van der Waals surface area (Å²) in [6.07, 6.45) is 1.92. The van der Waals surface area contributed by atoms with E-state index >= 15 is 0 Å². The fourth-order valence-corrected chi connectivity index (χ4v) is 2.98. The van der Waals surface area contributed by atoms with E-state index in [-0.39, 0.29) is 11.9 Å². The molecule has 0 spiro atoms. The van der Waals surface area contributed by atoms with Crippen LogP contribution in [0.5, 0.6) is 0 Å². The van der Waals surface area contributed by atoms with Gasteiger partial charge in [-0.25, -0.2) is 4.98 Å². The Hall–Kier alpha value is -1.42. The van der Waals surface area contributed by atoms with Crippen LogP contribution >= 0.6 is 15.9 Å². The number of pyridine rings is 1. The number of benzene rings is 1. The second kappa shape index (κ2) is 7.55. The highest BCUT2D eigenvalue weighted by Crippen LogP contribution is 2.16. The van der Waals surface area contributed by atoms with Gasteiger partial charge in [-0.3, -0.25) is 4.79 Å². The van der Waals surface area contributed by atoms with Crippen molar-refractivity contribution in [2.75, 3.05) is 11.9 Å². The third-order valence-electron chi connectivity index (χ3n) is 3.79. The lowest BCUT2D eigenvalue weighted by molar-refractivity contribution is 0.0677. The van der Waals surface area contributed by atoms with Gasteiger partial charge in [0.15, 0.2) is 0 Å². The lowest BCUT2D eigenvalue weighted by Gasteiger charge is -2.29. The molecular weight excluding hydrogens is 328 g/mol. The van der Waals surface area contributed by atoms with Gasteiger partial charge in [0.1, 0.15) is 5.69 Å². The van der Waals surface area contributed by atoms with Gasteiger partial charge in [-0.1, -0.05) is 54.0 Å². The van der Waals surface area contributed by atoms with Crippen LogP contribution in [-0.2, 0) is 0 Å². The van der Waals surface area contributed by atoms with Gasteiger partial charge >= 0.3 is 0 Å². The molecule has 1 aromatic heterocycles. The Labute approximate surface area is 134 Å². The van der Waals surface area contributed by atoms with Crippen molar-refractivity contribution < 1.29 is 4.79 Å². The van der Waals surface area contributed by atoms with Crippen molar-refractivity contribution in [1.82, 2.24) is 9.88 Å². The molecule has 0 bridgehead atoms. The highest BCUT2D eigenvalue weighted by molar-refractivity contribution is 9.09. The number of hydrogen-bond acceptors (Lipinski definition) is 2. The van der Waals surface area contributed by atoms with Gasteiger partial charge in [-0.2, -0.15) is 0 Å². The molecule has 112 valence electrons. The number of hydrogen-bond donors (Lipinski definition) is 0. The monoisotopic (exact) mass is 348 g/mol. The van der Waals surface area contributed by atoms with Gasteiger partial charge < -0.3 is 4.90 Å². The maximum atomic E-state index is 12.8. The van der Waals surface area contributed by atoms with Gasteiger partial charge in [-0.15, -0.1) is 0 Å². The molecule has 0 aliphatic carbocycles. The van der Waals surface area contributed by atoms with E-state index in [2.05, 4.69) is 34.8 Å². The first-order valence-corrected chi connectivity index (χ1v) is 8.56. The van der Waals surface area contributed by atoms with E-state index in [1.165, 1.54) is 0 Å². The number of carbonyl (C=O) groups excluding carboxylic acids is 1. The Morgan fingerprint density at radius 1 is 1.19 bits per heavy atom. The van der Waals surface area contributed by atoms with E-state index in [1.54, 1.807) is 0 Å². The largest absolute Gasteiger partial charge is 0.334 e. The molecular formula is C17H21BrN2O. The molecule has 21 heavy (non-hydrogen) atoms. The summed E-state index contributed by atoms with van der Waals surface area (Å²) in [6.45, 7) is 4.95. The first-order chi connectivity index (χ1) is 10.2. The number of aromatic nitrogens is 1. The van der Waals surface area contributed by atoms with E-state index in [9.17, 15) is 4.79 Å². The summed E-state index contributed by atoms with van der Waals surface area (Å²) in [5.41, 5.74) is 1.40. The Kier molecular flexibility index (Phi) is 5.74. The summed E-state index contributed by atoms with van der Waals surface area (Å²) < 4.78 is 0. The van der Waals surface area contributed by atoms with Crippen molar-refractivity contribution in [2.24, 2.45) is 0 Å². The van der Waals surface area contributed by atoms with Crippen LogP contribution in [0.25, 0.3) is 10.9 Å². The number of carbonyl (C=O) groups is 1. The average Bonchev–Trinajstić information content (AvgIpc) is 2.54. The molecule has 0 saturated heterocycles. The summed E-state index contributed by atoms with van der Waals surface area (Å²) in [5, 5.41) is 1.84. The Morgan fingerprint density at radius 3 is 2.57 bits per heavy atom. The minimum absolute atomic E-state index is 0.0221. The number of halogens is 1. The molecule has 2 rings (SSSR count). The summed E-state index contributed by atoms with van der Waals surface area (Å²) in [4.78, 5) is 19.2. The third kappa shape index (κ3) is 3.62. The third-order valence-corrected chi connectivity index (χ3v) is 4.14. The molecule has 1 amide bonds. The van der Waals surface area contributed by atoms with Crippen LogP contribution in [-0.4, -0.2) is 33.7 Å².